The molecule has 2 nitrogen and oxygen atoms in total. The van der Waals surface area contributed by atoms with Crippen LogP contribution >= 0.6 is 0 Å². The molecule has 0 saturated heterocycles. The quantitative estimate of drug-likeness (QED) is 0.611. The monoisotopic (exact) mass is 160 g/mol. The first kappa shape index (κ1) is 7.35. The van der Waals surface area contributed by atoms with E-state index in [9.17, 15) is 4.79 Å². The van der Waals surface area contributed by atoms with Crippen LogP contribution in [0.1, 0.15) is 24.6 Å². The summed E-state index contributed by atoms with van der Waals surface area (Å²) < 4.78 is 0. The van der Waals surface area contributed by atoms with Crippen molar-refractivity contribution in [1.29, 1.82) is 0 Å². The van der Waals surface area contributed by atoms with Gasteiger partial charge in [0.05, 0.1) is 0 Å². The van der Waals surface area contributed by atoms with E-state index in [0.717, 1.165) is 24.1 Å². The van der Waals surface area contributed by atoms with Gasteiger partial charge in [-0.25, -0.2) is 0 Å². The van der Waals surface area contributed by atoms with Crippen LogP contribution < -0.4 is 5.56 Å². The lowest BCUT2D eigenvalue weighted by atomic mass is 9.97. The van der Waals surface area contributed by atoms with Crippen LogP contribution in [0.15, 0.2) is 22.5 Å². The van der Waals surface area contributed by atoms with E-state index in [1.54, 1.807) is 6.07 Å². The molecular weight excluding hydrogens is 150 g/mol. The zero-order valence-corrected chi connectivity index (χ0v) is 6.98. The van der Waals surface area contributed by atoms with Crippen molar-refractivity contribution in [3.63, 3.8) is 0 Å². The molecule has 0 amide bonds. The molecule has 1 aromatic heterocycles. The second kappa shape index (κ2) is 2.63. The fraction of sp³-hybridized carbons (Fsp3) is 0.300. The van der Waals surface area contributed by atoms with Gasteiger partial charge in [-0.2, -0.15) is 0 Å². The first-order valence-electron chi connectivity index (χ1n) is 4.07. The maximum atomic E-state index is 10.9. The SMILES string of the molecule is CC1=[C]c2ccc(=O)[nH]c2CC1. The number of fused-ring (bicyclic) bond motifs is 1. The van der Waals surface area contributed by atoms with Crippen LogP contribution in [-0.2, 0) is 6.42 Å². The van der Waals surface area contributed by atoms with Gasteiger partial charge in [-0.3, -0.25) is 4.79 Å². The van der Waals surface area contributed by atoms with Crippen molar-refractivity contribution in [2.45, 2.75) is 19.8 Å². The molecule has 0 aliphatic heterocycles. The third-order valence-corrected chi connectivity index (χ3v) is 2.10. The molecule has 1 radical (unpaired) electrons. The predicted molar refractivity (Wildman–Crippen MR) is 46.9 cm³/mol. The number of pyridine rings is 1. The maximum Gasteiger partial charge on any atom is 0.248 e. The van der Waals surface area contributed by atoms with Gasteiger partial charge >= 0.3 is 0 Å². The summed E-state index contributed by atoms with van der Waals surface area (Å²) in [4.78, 5) is 13.7. The van der Waals surface area contributed by atoms with Crippen molar-refractivity contribution in [1.82, 2.24) is 4.98 Å². The van der Waals surface area contributed by atoms with Gasteiger partial charge in [0.15, 0.2) is 0 Å². The highest BCUT2D eigenvalue weighted by Gasteiger charge is 2.07. The summed E-state index contributed by atoms with van der Waals surface area (Å²) in [5, 5.41) is 0. The van der Waals surface area contributed by atoms with E-state index in [2.05, 4.69) is 18.0 Å². The smallest absolute Gasteiger partial charge is 0.248 e. The van der Waals surface area contributed by atoms with E-state index in [1.807, 2.05) is 6.07 Å². The van der Waals surface area contributed by atoms with Gasteiger partial charge in [0, 0.05) is 17.3 Å². The summed E-state index contributed by atoms with van der Waals surface area (Å²) in [6.45, 7) is 2.06. The average molecular weight is 160 g/mol. The normalized spacial score (nSPS) is 15.2. The summed E-state index contributed by atoms with van der Waals surface area (Å²) in [5.41, 5.74) is 3.30. The zero-order valence-electron chi connectivity index (χ0n) is 6.98. The van der Waals surface area contributed by atoms with Gasteiger partial charge in [0.25, 0.3) is 0 Å². The lowest BCUT2D eigenvalue weighted by Gasteiger charge is -2.11. The van der Waals surface area contributed by atoms with E-state index >= 15 is 0 Å². The topological polar surface area (TPSA) is 32.9 Å². The molecule has 1 aliphatic rings. The summed E-state index contributed by atoms with van der Waals surface area (Å²) in [5.74, 6) is 0. The van der Waals surface area contributed by atoms with Crippen LogP contribution in [0.3, 0.4) is 0 Å². The third-order valence-electron chi connectivity index (χ3n) is 2.10. The Bertz CT molecular complexity index is 387. The number of hydrogen-bond acceptors (Lipinski definition) is 1. The van der Waals surface area contributed by atoms with Crippen LogP contribution in [0, 0.1) is 6.08 Å². The number of allylic oxidation sites excluding steroid dienone is 1. The van der Waals surface area contributed by atoms with E-state index in [0.29, 0.717) is 0 Å². The summed E-state index contributed by atoms with van der Waals surface area (Å²) in [6, 6.07) is 3.38. The number of nitrogens with one attached hydrogen (secondary N) is 1. The van der Waals surface area contributed by atoms with Crippen LogP contribution in [0.2, 0.25) is 0 Å². The summed E-state index contributed by atoms with van der Waals surface area (Å²) >= 11 is 0. The molecular formula is C10H10NO. The van der Waals surface area contributed by atoms with Crippen LogP contribution in [0.4, 0.5) is 0 Å². The fourth-order valence-corrected chi connectivity index (χ4v) is 1.44. The Morgan fingerprint density at radius 1 is 1.42 bits per heavy atom. The molecule has 1 aliphatic carbocycles. The molecule has 0 saturated carbocycles. The van der Waals surface area contributed by atoms with Crippen molar-refractivity contribution < 1.29 is 0 Å². The molecule has 0 fully saturated rings. The van der Waals surface area contributed by atoms with E-state index in [1.165, 1.54) is 5.57 Å². The highest BCUT2D eigenvalue weighted by molar-refractivity contribution is 5.32. The Morgan fingerprint density at radius 2 is 2.25 bits per heavy atom. The van der Waals surface area contributed by atoms with E-state index in [-0.39, 0.29) is 5.56 Å². The lowest BCUT2D eigenvalue weighted by molar-refractivity contribution is 0.854. The zero-order chi connectivity index (χ0) is 8.55. The number of aryl methyl sites for hydroxylation is 1. The van der Waals surface area contributed by atoms with Crippen LogP contribution in [-0.4, -0.2) is 4.98 Å². The van der Waals surface area contributed by atoms with Gasteiger partial charge in [0.1, 0.15) is 0 Å². The molecule has 0 unspecified atom stereocenters. The number of hydrogen-bond donors (Lipinski definition) is 1. The molecule has 0 spiro atoms. The van der Waals surface area contributed by atoms with Crippen LogP contribution in [0.5, 0.6) is 0 Å². The standard InChI is InChI=1S/C10H10NO/c1-7-2-4-9-8(6-7)3-5-10(12)11-9/h3,5H,2,4H2,1H3,(H,11,12). The van der Waals surface area contributed by atoms with Crippen molar-refractivity contribution in [3.05, 3.63) is 45.4 Å². The average Bonchev–Trinajstić information content (AvgIpc) is 2.05. The highest BCUT2D eigenvalue weighted by Crippen LogP contribution is 2.17. The molecule has 1 N–H and O–H groups in total. The molecule has 2 rings (SSSR count). The molecule has 0 bridgehead atoms. The molecule has 2 heteroatoms. The third kappa shape index (κ3) is 1.20. The van der Waals surface area contributed by atoms with Gasteiger partial charge in [0.2, 0.25) is 5.56 Å². The minimum atomic E-state index is -0.0184. The van der Waals surface area contributed by atoms with Gasteiger partial charge in [-0.15, -0.1) is 0 Å². The van der Waals surface area contributed by atoms with E-state index in [4.69, 9.17) is 0 Å². The second-order valence-corrected chi connectivity index (χ2v) is 3.12. The lowest BCUT2D eigenvalue weighted by Crippen LogP contribution is -2.11. The number of aromatic nitrogens is 1. The van der Waals surface area contributed by atoms with Crippen molar-refractivity contribution in [3.8, 4) is 0 Å². The molecule has 12 heavy (non-hydrogen) atoms. The van der Waals surface area contributed by atoms with Gasteiger partial charge < -0.3 is 4.98 Å². The van der Waals surface area contributed by atoms with Crippen molar-refractivity contribution >= 4 is 0 Å². The van der Waals surface area contributed by atoms with Crippen molar-refractivity contribution in [2.24, 2.45) is 0 Å². The van der Waals surface area contributed by atoms with E-state index < -0.39 is 0 Å². The number of rotatable bonds is 0. The fourth-order valence-electron chi connectivity index (χ4n) is 1.44. The summed E-state index contributed by atoms with van der Waals surface area (Å²) in [6.07, 6.45) is 5.18. The Morgan fingerprint density at radius 3 is 3.08 bits per heavy atom. The summed E-state index contributed by atoms with van der Waals surface area (Å²) in [7, 11) is 0. The first-order chi connectivity index (χ1) is 5.75. The maximum absolute atomic E-state index is 10.9. The van der Waals surface area contributed by atoms with Gasteiger partial charge in [-0.1, -0.05) is 5.57 Å². The number of H-pyrrole nitrogens is 1. The van der Waals surface area contributed by atoms with Gasteiger partial charge in [-0.05, 0) is 31.9 Å². The Kier molecular flexibility index (Phi) is 1.61. The highest BCUT2D eigenvalue weighted by atomic mass is 16.1. The Balaban J connectivity index is 2.58. The Hall–Kier alpha value is -1.31. The minimum Gasteiger partial charge on any atom is -0.326 e. The minimum absolute atomic E-state index is 0.0184. The van der Waals surface area contributed by atoms with Crippen molar-refractivity contribution in [2.75, 3.05) is 0 Å². The molecule has 1 aromatic rings. The first-order valence-corrected chi connectivity index (χ1v) is 4.07. The molecule has 61 valence electrons. The predicted octanol–water partition coefficient (Wildman–Crippen LogP) is 1.42. The number of aromatic amines is 1. The second-order valence-electron chi connectivity index (χ2n) is 3.12. The largest absolute Gasteiger partial charge is 0.326 e. The molecule has 0 atom stereocenters. The van der Waals surface area contributed by atoms with Crippen LogP contribution in [0.25, 0.3) is 0 Å². The molecule has 0 aromatic carbocycles. The Labute approximate surface area is 70.9 Å². The molecule has 1 heterocycles.